The summed E-state index contributed by atoms with van der Waals surface area (Å²) in [6.45, 7) is 4.38. The molecule has 2 rings (SSSR count). The van der Waals surface area contributed by atoms with Crippen molar-refractivity contribution in [3.63, 3.8) is 0 Å². The number of fused-ring (bicyclic) bond motifs is 1. The summed E-state index contributed by atoms with van der Waals surface area (Å²) in [5, 5.41) is 2.03. The number of aromatic nitrogens is 1. The molecule has 2 aromatic heterocycles. The molecule has 0 fully saturated rings. The van der Waals surface area contributed by atoms with Crippen LogP contribution in [0.25, 0.3) is 10.2 Å². The summed E-state index contributed by atoms with van der Waals surface area (Å²) in [5.74, 6) is 0.623. The molecule has 0 amide bonds. The number of nitrogen functional groups attached to an aromatic ring is 1. The highest BCUT2D eigenvalue weighted by Crippen LogP contribution is 2.26. The molecule has 0 saturated carbocycles. The van der Waals surface area contributed by atoms with Crippen molar-refractivity contribution >= 4 is 27.2 Å². The molecule has 2 heterocycles. The van der Waals surface area contributed by atoms with Crippen LogP contribution < -0.4 is 5.73 Å². The van der Waals surface area contributed by atoms with Gasteiger partial charge in [0.05, 0.1) is 15.9 Å². The van der Waals surface area contributed by atoms with E-state index in [-0.39, 0.29) is 0 Å². The monoisotopic (exact) mass is 206 g/mol. The zero-order valence-electron chi connectivity index (χ0n) is 8.45. The molecule has 0 aromatic carbocycles. The standard InChI is InChI=1S/C11H14N2S/c1-7(2)5-8-6-9(12)11-10(13-8)3-4-14-11/h3-4,6-7H,5H2,1-2H3,(H2,12,13). The quantitative estimate of drug-likeness (QED) is 0.820. The minimum atomic E-state index is 0.623. The molecule has 2 nitrogen and oxygen atoms in total. The summed E-state index contributed by atoms with van der Waals surface area (Å²) in [5.41, 5.74) is 8.94. The first-order chi connectivity index (χ1) is 6.66. The lowest BCUT2D eigenvalue weighted by Gasteiger charge is -2.05. The minimum absolute atomic E-state index is 0.623. The second-order valence-corrected chi connectivity index (χ2v) is 4.85. The van der Waals surface area contributed by atoms with Crippen molar-refractivity contribution in [3.8, 4) is 0 Å². The van der Waals surface area contributed by atoms with E-state index in [1.807, 2.05) is 17.5 Å². The maximum atomic E-state index is 5.95. The number of anilines is 1. The van der Waals surface area contributed by atoms with E-state index in [2.05, 4.69) is 18.8 Å². The first-order valence-electron chi connectivity index (χ1n) is 4.79. The van der Waals surface area contributed by atoms with Crippen molar-refractivity contribution in [3.05, 3.63) is 23.2 Å². The molecule has 14 heavy (non-hydrogen) atoms. The van der Waals surface area contributed by atoms with Crippen LogP contribution in [-0.2, 0) is 6.42 Å². The van der Waals surface area contributed by atoms with E-state index in [9.17, 15) is 0 Å². The van der Waals surface area contributed by atoms with Crippen LogP contribution in [0.4, 0.5) is 5.69 Å². The number of hydrogen-bond donors (Lipinski definition) is 1. The average Bonchev–Trinajstić information content (AvgIpc) is 2.50. The molecule has 0 unspecified atom stereocenters. The Morgan fingerprint density at radius 1 is 1.50 bits per heavy atom. The minimum Gasteiger partial charge on any atom is -0.397 e. The molecule has 0 aliphatic heterocycles. The molecular weight excluding hydrogens is 192 g/mol. The smallest absolute Gasteiger partial charge is 0.0833 e. The second kappa shape index (κ2) is 3.58. The van der Waals surface area contributed by atoms with Gasteiger partial charge in [-0.25, -0.2) is 0 Å². The van der Waals surface area contributed by atoms with Gasteiger partial charge in [0, 0.05) is 5.69 Å². The van der Waals surface area contributed by atoms with Gasteiger partial charge < -0.3 is 5.73 Å². The predicted molar refractivity (Wildman–Crippen MR) is 62.6 cm³/mol. The molecule has 2 N–H and O–H groups in total. The first kappa shape index (κ1) is 9.46. The topological polar surface area (TPSA) is 38.9 Å². The SMILES string of the molecule is CC(C)Cc1cc(N)c2sccc2n1. The van der Waals surface area contributed by atoms with Crippen LogP contribution in [0.5, 0.6) is 0 Å². The van der Waals surface area contributed by atoms with E-state index in [1.54, 1.807) is 11.3 Å². The van der Waals surface area contributed by atoms with E-state index in [4.69, 9.17) is 5.73 Å². The molecule has 0 saturated heterocycles. The number of rotatable bonds is 2. The molecular formula is C11H14N2S. The summed E-state index contributed by atoms with van der Waals surface area (Å²) in [6.07, 6.45) is 0.996. The van der Waals surface area contributed by atoms with Crippen molar-refractivity contribution in [2.45, 2.75) is 20.3 Å². The summed E-state index contributed by atoms with van der Waals surface area (Å²) >= 11 is 1.65. The summed E-state index contributed by atoms with van der Waals surface area (Å²) in [4.78, 5) is 4.57. The molecule has 0 aliphatic rings. The Kier molecular flexibility index (Phi) is 2.42. The van der Waals surface area contributed by atoms with Crippen LogP contribution in [0.1, 0.15) is 19.5 Å². The van der Waals surface area contributed by atoms with E-state index < -0.39 is 0 Å². The number of hydrogen-bond acceptors (Lipinski definition) is 3. The van der Waals surface area contributed by atoms with Crippen molar-refractivity contribution in [1.29, 1.82) is 0 Å². The van der Waals surface area contributed by atoms with Gasteiger partial charge in [-0.3, -0.25) is 4.98 Å². The zero-order chi connectivity index (χ0) is 10.1. The van der Waals surface area contributed by atoms with Gasteiger partial charge in [0.1, 0.15) is 0 Å². The summed E-state index contributed by atoms with van der Waals surface area (Å²) in [6, 6.07) is 4.03. The van der Waals surface area contributed by atoms with Gasteiger partial charge in [-0.2, -0.15) is 0 Å². The van der Waals surface area contributed by atoms with Gasteiger partial charge in [-0.15, -0.1) is 11.3 Å². The largest absolute Gasteiger partial charge is 0.397 e. The van der Waals surface area contributed by atoms with Crippen LogP contribution >= 0.6 is 11.3 Å². The third-order valence-electron chi connectivity index (χ3n) is 2.11. The summed E-state index contributed by atoms with van der Waals surface area (Å²) < 4.78 is 1.11. The fraction of sp³-hybridized carbons (Fsp3) is 0.364. The Bertz CT molecular complexity index is 445. The maximum absolute atomic E-state index is 5.95. The van der Waals surface area contributed by atoms with Crippen LogP contribution in [0.15, 0.2) is 17.5 Å². The molecule has 74 valence electrons. The van der Waals surface area contributed by atoms with Crippen LogP contribution in [0.3, 0.4) is 0 Å². The van der Waals surface area contributed by atoms with Gasteiger partial charge in [-0.05, 0) is 29.9 Å². The van der Waals surface area contributed by atoms with E-state index in [1.165, 1.54) is 0 Å². The zero-order valence-corrected chi connectivity index (χ0v) is 9.27. The van der Waals surface area contributed by atoms with Gasteiger partial charge in [-0.1, -0.05) is 13.8 Å². The average molecular weight is 206 g/mol. The Balaban J connectivity index is 2.47. The first-order valence-corrected chi connectivity index (χ1v) is 5.67. The molecule has 3 heteroatoms. The highest BCUT2D eigenvalue weighted by Gasteiger charge is 2.05. The van der Waals surface area contributed by atoms with Crippen LogP contribution in [0.2, 0.25) is 0 Å². The van der Waals surface area contributed by atoms with E-state index >= 15 is 0 Å². The number of nitrogens with two attached hydrogens (primary N) is 1. The Morgan fingerprint density at radius 2 is 2.29 bits per heavy atom. The third kappa shape index (κ3) is 1.73. The van der Waals surface area contributed by atoms with Gasteiger partial charge >= 0.3 is 0 Å². The lowest BCUT2D eigenvalue weighted by molar-refractivity contribution is 0.637. The molecule has 2 aromatic rings. The Hall–Kier alpha value is -1.09. The van der Waals surface area contributed by atoms with Gasteiger partial charge in [0.25, 0.3) is 0 Å². The fourth-order valence-corrected chi connectivity index (χ4v) is 2.32. The molecule has 0 bridgehead atoms. The van der Waals surface area contributed by atoms with Crippen molar-refractivity contribution < 1.29 is 0 Å². The molecule has 0 spiro atoms. The third-order valence-corrected chi connectivity index (χ3v) is 3.06. The van der Waals surface area contributed by atoms with Crippen molar-refractivity contribution in [1.82, 2.24) is 4.98 Å². The molecule has 0 atom stereocenters. The highest BCUT2D eigenvalue weighted by molar-refractivity contribution is 7.17. The molecule has 0 radical (unpaired) electrons. The van der Waals surface area contributed by atoms with E-state index in [0.29, 0.717) is 5.92 Å². The highest BCUT2D eigenvalue weighted by atomic mass is 32.1. The lowest BCUT2D eigenvalue weighted by atomic mass is 10.1. The fourth-order valence-electron chi connectivity index (χ4n) is 1.56. The predicted octanol–water partition coefficient (Wildman–Crippen LogP) is 3.08. The van der Waals surface area contributed by atoms with E-state index in [0.717, 1.165) is 28.0 Å². The Morgan fingerprint density at radius 3 is 3.00 bits per heavy atom. The second-order valence-electron chi connectivity index (χ2n) is 3.94. The lowest BCUT2D eigenvalue weighted by Crippen LogP contribution is -1.98. The number of pyridine rings is 1. The van der Waals surface area contributed by atoms with Crippen LogP contribution in [0, 0.1) is 5.92 Å². The van der Waals surface area contributed by atoms with Crippen molar-refractivity contribution in [2.75, 3.05) is 5.73 Å². The molecule has 0 aliphatic carbocycles. The number of nitrogens with zero attached hydrogens (tertiary/aromatic N) is 1. The van der Waals surface area contributed by atoms with Crippen molar-refractivity contribution in [2.24, 2.45) is 5.92 Å². The van der Waals surface area contributed by atoms with Gasteiger partial charge in [0.15, 0.2) is 0 Å². The Labute approximate surface area is 87.8 Å². The summed E-state index contributed by atoms with van der Waals surface area (Å²) in [7, 11) is 0. The van der Waals surface area contributed by atoms with Gasteiger partial charge in [0.2, 0.25) is 0 Å². The number of thiophene rings is 1. The van der Waals surface area contributed by atoms with Crippen LogP contribution in [-0.4, -0.2) is 4.98 Å². The normalized spacial score (nSPS) is 11.4. The maximum Gasteiger partial charge on any atom is 0.0833 e.